The third kappa shape index (κ3) is 2.16. The van der Waals surface area contributed by atoms with Crippen LogP contribution in [0, 0.1) is 10.1 Å². The summed E-state index contributed by atoms with van der Waals surface area (Å²) in [5.74, 6) is 0.345. The predicted octanol–water partition coefficient (Wildman–Crippen LogP) is -0.363. The third-order valence-corrected chi connectivity index (χ3v) is 3.10. The van der Waals surface area contributed by atoms with Gasteiger partial charge in [-0.25, -0.2) is 4.68 Å². The first-order valence-electron chi connectivity index (χ1n) is 5.84. The van der Waals surface area contributed by atoms with Crippen molar-refractivity contribution in [3.8, 4) is 0 Å². The van der Waals surface area contributed by atoms with Crippen molar-refractivity contribution in [3.63, 3.8) is 0 Å². The number of aryl methyl sites for hydroxylation is 2. The van der Waals surface area contributed by atoms with Crippen molar-refractivity contribution in [2.45, 2.75) is 18.9 Å². The highest BCUT2D eigenvalue weighted by Crippen LogP contribution is 2.28. The molecule has 1 aromatic heterocycles. The lowest BCUT2D eigenvalue weighted by atomic mass is 9.97. The Morgan fingerprint density at radius 1 is 1.67 bits per heavy atom. The van der Waals surface area contributed by atoms with E-state index < -0.39 is 10.5 Å². The fourth-order valence-corrected chi connectivity index (χ4v) is 1.98. The van der Waals surface area contributed by atoms with Crippen LogP contribution in [0.1, 0.15) is 12.6 Å². The molecular formula is C10H17N5O3. The van der Waals surface area contributed by atoms with Gasteiger partial charge in [-0.05, 0) is 6.42 Å². The normalized spacial score (nSPS) is 17.3. The lowest BCUT2D eigenvalue weighted by Crippen LogP contribution is -2.63. The molecule has 0 atom stereocenters. The summed E-state index contributed by atoms with van der Waals surface area (Å²) in [4.78, 5) is 10.6. The fraction of sp³-hybridized carbons (Fsp3) is 0.700. The van der Waals surface area contributed by atoms with E-state index in [-0.39, 0.29) is 12.2 Å². The Morgan fingerprint density at radius 3 is 2.78 bits per heavy atom. The summed E-state index contributed by atoms with van der Waals surface area (Å²) in [6.45, 7) is 3.07. The molecule has 0 unspecified atom stereocenters. The number of nitrogens with zero attached hydrogens (tertiary/aromatic N) is 3. The molecule has 0 amide bonds. The van der Waals surface area contributed by atoms with E-state index in [1.165, 1.54) is 4.68 Å². The summed E-state index contributed by atoms with van der Waals surface area (Å²) in [5.41, 5.74) is -0.385. The Kier molecular flexibility index (Phi) is 3.22. The van der Waals surface area contributed by atoms with Crippen LogP contribution in [0.2, 0.25) is 0 Å². The summed E-state index contributed by atoms with van der Waals surface area (Å²) in [6.07, 6.45) is 0.498. The molecule has 0 radical (unpaired) electrons. The van der Waals surface area contributed by atoms with Crippen LogP contribution in [-0.2, 0) is 13.5 Å². The molecule has 1 aromatic rings. The van der Waals surface area contributed by atoms with Crippen LogP contribution in [0.4, 0.5) is 11.5 Å². The number of nitrogens with one attached hydrogen (secondary N) is 2. The van der Waals surface area contributed by atoms with Gasteiger partial charge in [0.25, 0.3) is 0 Å². The Morgan fingerprint density at radius 2 is 2.33 bits per heavy atom. The smallest absolute Gasteiger partial charge is 0.333 e. The van der Waals surface area contributed by atoms with Gasteiger partial charge >= 0.3 is 5.69 Å². The maximum Gasteiger partial charge on any atom is 0.333 e. The summed E-state index contributed by atoms with van der Waals surface area (Å²) in [7, 11) is 1.65. The van der Waals surface area contributed by atoms with Gasteiger partial charge in [0.05, 0.1) is 4.92 Å². The average molecular weight is 255 g/mol. The van der Waals surface area contributed by atoms with Crippen LogP contribution in [0.25, 0.3) is 0 Å². The van der Waals surface area contributed by atoms with Crippen molar-refractivity contribution in [1.82, 2.24) is 15.1 Å². The maximum absolute atomic E-state index is 11.1. The van der Waals surface area contributed by atoms with Gasteiger partial charge in [0.1, 0.15) is 11.3 Å². The van der Waals surface area contributed by atoms with Gasteiger partial charge in [0.15, 0.2) is 0 Å². The molecule has 1 saturated heterocycles. The highest BCUT2D eigenvalue weighted by atomic mass is 16.6. The van der Waals surface area contributed by atoms with Crippen LogP contribution < -0.4 is 10.6 Å². The highest BCUT2D eigenvalue weighted by molar-refractivity contribution is 5.60. The van der Waals surface area contributed by atoms with Crippen LogP contribution >= 0.6 is 0 Å². The van der Waals surface area contributed by atoms with Crippen molar-refractivity contribution in [2.24, 2.45) is 7.05 Å². The minimum Gasteiger partial charge on any atom is -0.385 e. The molecular weight excluding hydrogens is 238 g/mol. The minimum absolute atomic E-state index is 0.00381. The number of hydrogen-bond acceptors (Lipinski definition) is 6. The first-order valence-corrected chi connectivity index (χ1v) is 5.84. The molecule has 0 bridgehead atoms. The lowest BCUT2D eigenvalue weighted by Gasteiger charge is -2.37. The van der Waals surface area contributed by atoms with Gasteiger partial charge in [-0.15, -0.1) is 0 Å². The SMILES string of the molecule is CCc1nn(C)c(NCC2(O)CNC2)c1[N+](=O)[O-]. The van der Waals surface area contributed by atoms with Gasteiger partial charge in [-0.2, -0.15) is 5.10 Å². The molecule has 18 heavy (non-hydrogen) atoms. The molecule has 3 N–H and O–H groups in total. The fourth-order valence-electron chi connectivity index (χ4n) is 1.98. The number of β-amino-alcohol motifs (C(OH)–C–C–N with tert-alkyl or cyclic N) is 1. The zero-order chi connectivity index (χ0) is 13.3. The zero-order valence-corrected chi connectivity index (χ0v) is 10.4. The summed E-state index contributed by atoms with van der Waals surface area (Å²) < 4.78 is 1.45. The molecule has 8 nitrogen and oxygen atoms in total. The molecule has 1 fully saturated rings. The summed E-state index contributed by atoms with van der Waals surface area (Å²) in [5, 5.41) is 31.0. The van der Waals surface area contributed by atoms with E-state index in [4.69, 9.17) is 0 Å². The predicted molar refractivity (Wildman–Crippen MR) is 65.5 cm³/mol. The van der Waals surface area contributed by atoms with Crippen molar-refractivity contribution in [1.29, 1.82) is 0 Å². The number of anilines is 1. The standard InChI is InChI=1S/C10H17N5O3/c1-3-7-8(15(17)18)9(14(2)13-7)12-6-10(16)4-11-5-10/h11-12,16H,3-6H2,1-2H3. The van der Waals surface area contributed by atoms with E-state index in [1.807, 2.05) is 6.92 Å². The van der Waals surface area contributed by atoms with E-state index >= 15 is 0 Å². The van der Waals surface area contributed by atoms with Crippen molar-refractivity contribution in [2.75, 3.05) is 25.0 Å². The van der Waals surface area contributed by atoms with Gasteiger partial charge in [0, 0.05) is 26.7 Å². The Bertz CT molecular complexity index is 466. The van der Waals surface area contributed by atoms with Crippen LogP contribution in [0.3, 0.4) is 0 Å². The summed E-state index contributed by atoms with van der Waals surface area (Å²) >= 11 is 0. The molecule has 0 spiro atoms. The Hall–Kier alpha value is -1.67. The first kappa shape index (κ1) is 12.8. The quantitative estimate of drug-likeness (QED) is 0.490. The van der Waals surface area contributed by atoms with Crippen LogP contribution in [-0.4, -0.2) is 45.0 Å². The largest absolute Gasteiger partial charge is 0.385 e. The molecule has 1 aliphatic rings. The number of aliphatic hydroxyl groups is 1. The van der Waals surface area contributed by atoms with Crippen LogP contribution in [0.5, 0.6) is 0 Å². The zero-order valence-electron chi connectivity index (χ0n) is 10.4. The number of hydrogen-bond donors (Lipinski definition) is 3. The molecule has 0 saturated carbocycles. The van der Waals surface area contributed by atoms with Gasteiger partial charge in [-0.1, -0.05) is 6.92 Å². The monoisotopic (exact) mass is 255 g/mol. The van der Waals surface area contributed by atoms with E-state index in [0.29, 0.717) is 31.0 Å². The lowest BCUT2D eigenvalue weighted by molar-refractivity contribution is -0.384. The van der Waals surface area contributed by atoms with E-state index in [2.05, 4.69) is 15.7 Å². The molecule has 0 aliphatic carbocycles. The average Bonchev–Trinajstić information content (AvgIpc) is 2.60. The Labute approximate surface area is 104 Å². The molecule has 2 rings (SSSR count). The third-order valence-electron chi connectivity index (χ3n) is 3.10. The highest BCUT2D eigenvalue weighted by Gasteiger charge is 2.35. The maximum atomic E-state index is 11.1. The van der Waals surface area contributed by atoms with Gasteiger partial charge < -0.3 is 15.7 Å². The minimum atomic E-state index is -0.829. The molecule has 2 heterocycles. The van der Waals surface area contributed by atoms with Crippen molar-refractivity contribution in [3.05, 3.63) is 15.8 Å². The molecule has 1 aliphatic heterocycles. The Balaban J connectivity index is 2.20. The van der Waals surface area contributed by atoms with E-state index in [9.17, 15) is 15.2 Å². The first-order chi connectivity index (χ1) is 8.47. The topological polar surface area (TPSA) is 105 Å². The number of aromatic nitrogens is 2. The van der Waals surface area contributed by atoms with Gasteiger partial charge in [-0.3, -0.25) is 10.1 Å². The van der Waals surface area contributed by atoms with Crippen LogP contribution in [0.15, 0.2) is 0 Å². The van der Waals surface area contributed by atoms with Crippen molar-refractivity contribution < 1.29 is 10.0 Å². The molecule has 0 aromatic carbocycles. The second-order valence-corrected chi connectivity index (χ2v) is 4.56. The number of rotatable bonds is 5. The van der Waals surface area contributed by atoms with Gasteiger partial charge in [0.2, 0.25) is 5.82 Å². The second-order valence-electron chi connectivity index (χ2n) is 4.56. The number of nitro groups is 1. The molecule has 8 heteroatoms. The summed E-state index contributed by atoms with van der Waals surface area (Å²) in [6, 6.07) is 0. The van der Waals surface area contributed by atoms with E-state index in [0.717, 1.165) is 0 Å². The van der Waals surface area contributed by atoms with E-state index in [1.54, 1.807) is 7.05 Å². The molecule has 100 valence electrons. The second kappa shape index (κ2) is 4.54. The van der Waals surface area contributed by atoms with Crippen molar-refractivity contribution >= 4 is 11.5 Å².